The van der Waals surface area contributed by atoms with Gasteiger partial charge in [-0.25, -0.2) is 15.0 Å². The predicted molar refractivity (Wildman–Crippen MR) is 69.2 cm³/mol. The van der Waals surface area contributed by atoms with E-state index in [9.17, 15) is 0 Å². The van der Waals surface area contributed by atoms with E-state index in [0.717, 1.165) is 23.2 Å². The summed E-state index contributed by atoms with van der Waals surface area (Å²) in [6, 6.07) is 1.93. The number of nitrogens with one attached hydrogen (secondary N) is 1. The largest absolute Gasteiger partial charge is 0.363 e. The molecule has 2 aromatic rings. The molecule has 0 aliphatic heterocycles. The molecular formula is C12H18N6. The van der Waals surface area contributed by atoms with Gasteiger partial charge in [0.15, 0.2) is 0 Å². The summed E-state index contributed by atoms with van der Waals surface area (Å²) in [6.45, 7) is 6.74. The third kappa shape index (κ3) is 2.82. The molecule has 0 fully saturated rings. The lowest BCUT2D eigenvalue weighted by molar-refractivity contribution is 0.709. The molecule has 2 rings (SSSR count). The molecule has 0 unspecified atom stereocenters. The first-order valence-electron chi connectivity index (χ1n) is 5.98. The molecule has 0 aliphatic rings. The van der Waals surface area contributed by atoms with Gasteiger partial charge in [-0.2, -0.15) is 5.10 Å². The van der Waals surface area contributed by atoms with Crippen LogP contribution in [0.3, 0.4) is 0 Å². The van der Waals surface area contributed by atoms with Crippen molar-refractivity contribution in [3.63, 3.8) is 0 Å². The van der Waals surface area contributed by atoms with Crippen molar-refractivity contribution in [2.75, 3.05) is 5.32 Å². The van der Waals surface area contributed by atoms with Crippen molar-refractivity contribution in [3.8, 4) is 0 Å². The highest BCUT2D eigenvalue weighted by Crippen LogP contribution is 2.13. The number of aryl methyl sites for hydroxylation is 2. The molecule has 0 radical (unpaired) electrons. The summed E-state index contributed by atoms with van der Waals surface area (Å²) in [5, 5.41) is 7.27. The second kappa shape index (κ2) is 5.12. The SMILES string of the molecule is Cc1cc(NCc2ncnn2C)nc(C(C)C)n1. The molecule has 0 aliphatic carbocycles. The van der Waals surface area contributed by atoms with Gasteiger partial charge in [0.05, 0.1) is 6.54 Å². The average Bonchev–Trinajstić information content (AvgIpc) is 2.71. The Kier molecular flexibility index (Phi) is 3.55. The predicted octanol–water partition coefficient (Wildman–Crippen LogP) is 1.65. The summed E-state index contributed by atoms with van der Waals surface area (Å²) in [5.74, 6) is 2.88. The van der Waals surface area contributed by atoms with Crippen LogP contribution in [0.2, 0.25) is 0 Å². The summed E-state index contributed by atoms with van der Waals surface area (Å²) in [4.78, 5) is 13.1. The Morgan fingerprint density at radius 3 is 2.72 bits per heavy atom. The number of anilines is 1. The number of nitrogens with zero attached hydrogens (tertiary/aromatic N) is 5. The molecule has 0 spiro atoms. The zero-order valence-corrected chi connectivity index (χ0v) is 11.2. The molecule has 0 amide bonds. The number of hydrogen-bond donors (Lipinski definition) is 1. The molecule has 0 bridgehead atoms. The Bertz CT molecular complexity index is 531. The fourth-order valence-electron chi connectivity index (χ4n) is 1.59. The van der Waals surface area contributed by atoms with Crippen molar-refractivity contribution < 1.29 is 0 Å². The zero-order chi connectivity index (χ0) is 13.1. The van der Waals surface area contributed by atoms with Crippen molar-refractivity contribution in [2.24, 2.45) is 7.05 Å². The monoisotopic (exact) mass is 246 g/mol. The van der Waals surface area contributed by atoms with Crippen LogP contribution >= 0.6 is 0 Å². The minimum atomic E-state index is 0.320. The topological polar surface area (TPSA) is 68.5 Å². The highest BCUT2D eigenvalue weighted by Gasteiger charge is 2.07. The molecular weight excluding hydrogens is 228 g/mol. The first kappa shape index (κ1) is 12.5. The van der Waals surface area contributed by atoms with Crippen LogP contribution in [0.5, 0.6) is 0 Å². The van der Waals surface area contributed by atoms with Crippen LogP contribution in [-0.4, -0.2) is 24.7 Å². The average molecular weight is 246 g/mol. The van der Waals surface area contributed by atoms with Gasteiger partial charge in [0.1, 0.15) is 23.8 Å². The summed E-state index contributed by atoms with van der Waals surface area (Å²) in [5.41, 5.74) is 0.967. The first-order valence-corrected chi connectivity index (χ1v) is 5.98. The molecule has 6 nitrogen and oxygen atoms in total. The molecule has 2 aromatic heterocycles. The van der Waals surface area contributed by atoms with Crippen LogP contribution < -0.4 is 5.32 Å². The molecule has 96 valence electrons. The number of hydrogen-bond acceptors (Lipinski definition) is 5. The van der Waals surface area contributed by atoms with Crippen molar-refractivity contribution in [3.05, 3.63) is 29.7 Å². The number of rotatable bonds is 4. The highest BCUT2D eigenvalue weighted by molar-refractivity contribution is 5.36. The van der Waals surface area contributed by atoms with Crippen LogP contribution in [0.4, 0.5) is 5.82 Å². The van der Waals surface area contributed by atoms with Gasteiger partial charge in [0.25, 0.3) is 0 Å². The first-order chi connectivity index (χ1) is 8.56. The van der Waals surface area contributed by atoms with E-state index in [1.54, 1.807) is 11.0 Å². The van der Waals surface area contributed by atoms with Gasteiger partial charge in [-0.1, -0.05) is 13.8 Å². The van der Waals surface area contributed by atoms with E-state index in [4.69, 9.17) is 0 Å². The van der Waals surface area contributed by atoms with Crippen LogP contribution in [0.1, 0.15) is 37.1 Å². The van der Waals surface area contributed by atoms with Crippen LogP contribution in [-0.2, 0) is 13.6 Å². The lowest BCUT2D eigenvalue weighted by Crippen LogP contribution is -2.10. The highest BCUT2D eigenvalue weighted by atomic mass is 15.3. The third-order valence-electron chi connectivity index (χ3n) is 2.62. The van der Waals surface area contributed by atoms with E-state index in [1.165, 1.54) is 0 Å². The summed E-state index contributed by atoms with van der Waals surface area (Å²) in [7, 11) is 1.87. The molecule has 0 atom stereocenters. The summed E-state index contributed by atoms with van der Waals surface area (Å²) >= 11 is 0. The lowest BCUT2D eigenvalue weighted by Gasteiger charge is -2.09. The molecule has 1 N–H and O–H groups in total. The smallest absolute Gasteiger partial charge is 0.145 e. The van der Waals surface area contributed by atoms with E-state index < -0.39 is 0 Å². The molecule has 2 heterocycles. The van der Waals surface area contributed by atoms with Gasteiger partial charge in [0, 0.05) is 24.7 Å². The maximum absolute atomic E-state index is 4.48. The second-order valence-electron chi connectivity index (χ2n) is 4.56. The third-order valence-corrected chi connectivity index (χ3v) is 2.62. The van der Waals surface area contributed by atoms with Gasteiger partial charge in [-0.15, -0.1) is 0 Å². The standard InChI is InChI=1S/C12H18N6/c1-8(2)12-16-9(3)5-10(17-12)13-6-11-14-7-15-18(11)4/h5,7-8H,6H2,1-4H3,(H,13,16,17). The van der Waals surface area contributed by atoms with Gasteiger partial charge in [-0.05, 0) is 6.92 Å². The minimum Gasteiger partial charge on any atom is -0.363 e. The van der Waals surface area contributed by atoms with Gasteiger partial charge in [0.2, 0.25) is 0 Å². The van der Waals surface area contributed by atoms with Crippen LogP contribution in [0.25, 0.3) is 0 Å². The van der Waals surface area contributed by atoms with Crippen LogP contribution in [0.15, 0.2) is 12.4 Å². The van der Waals surface area contributed by atoms with E-state index in [1.807, 2.05) is 20.0 Å². The Hall–Kier alpha value is -1.98. The maximum Gasteiger partial charge on any atom is 0.145 e. The van der Waals surface area contributed by atoms with Gasteiger partial charge >= 0.3 is 0 Å². The summed E-state index contributed by atoms with van der Waals surface area (Å²) in [6.07, 6.45) is 1.54. The minimum absolute atomic E-state index is 0.320. The lowest BCUT2D eigenvalue weighted by atomic mass is 10.2. The van der Waals surface area contributed by atoms with E-state index in [0.29, 0.717) is 12.5 Å². The van der Waals surface area contributed by atoms with Crippen molar-refractivity contribution in [2.45, 2.75) is 33.2 Å². The Morgan fingerprint density at radius 1 is 1.33 bits per heavy atom. The van der Waals surface area contributed by atoms with Gasteiger partial charge in [-0.3, -0.25) is 4.68 Å². The van der Waals surface area contributed by atoms with E-state index in [-0.39, 0.29) is 0 Å². The van der Waals surface area contributed by atoms with Crippen LogP contribution in [0, 0.1) is 6.92 Å². The van der Waals surface area contributed by atoms with E-state index in [2.05, 4.69) is 39.2 Å². The molecule has 18 heavy (non-hydrogen) atoms. The van der Waals surface area contributed by atoms with Gasteiger partial charge < -0.3 is 5.32 Å². The Morgan fingerprint density at radius 2 is 2.11 bits per heavy atom. The number of aromatic nitrogens is 5. The second-order valence-corrected chi connectivity index (χ2v) is 4.56. The fraction of sp³-hybridized carbons (Fsp3) is 0.500. The Balaban J connectivity index is 2.12. The quantitative estimate of drug-likeness (QED) is 0.888. The molecule has 0 aromatic carbocycles. The summed E-state index contributed by atoms with van der Waals surface area (Å²) < 4.78 is 1.74. The zero-order valence-electron chi connectivity index (χ0n) is 11.2. The molecule has 6 heteroatoms. The fourth-order valence-corrected chi connectivity index (χ4v) is 1.59. The van der Waals surface area contributed by atoms with E-state index >= 15 is 0 Å². The molecule has 0 saturated heterocycles. The van der Waals surface area contributed by atoms with Crippen molar-refractivity contribution in [1.82, 2.24) is 24.7 Å². The van der Waals surface area contributed by atoms with Crippen molar-refractivity contribution in [1.29, 1.82) is 0 Å². The maximum atomic E-state index is 4.48. The normalized spacial score (nSPS) is 10.9. The Labute approximate surface area is 106 Å². The molecule has 0 saturated carbocycles. The van der Waals surface area contributed by atoms with Crippen molar-refractivity contribution >= 4 is 5.82 Å².